The Morgan fingerprint density at radius 1 is 1.15 bits per heavy atom. The molecule has 2 rings (SSSR count). The van der Waals surface area contributed by atoms with Crippen molar-refractivity contribution in [3.63, 3.8) is 0 Å². The molecule has 0 N–H and O–H groups in total. The topological polar surface area (TPSA) is 93.2 Å². The molecule has 3 amide bonds. The molecule has 1 heterocycles. The molecular formula is C18H22N2O6. The van der Waals surface area contributed by atoms with Crippen molar-refractivity contribution < 1.29 is 28.7 Å². The second-order valence-corrected chi connectivity index (χ2v) is 5.76. The van der Waals surface area contributed by atoms with Gasteiger partial charge < -0.3 is 14.4 Å². The van der Waals surface area contributed by atoms with Crippen LogP contribution in [-0.4, -0.2) is 72.9 Å². The number of imide groups is 1. The Hall–Kier alpha value is -2.74. The summed E-state index contributed by atoms with van der Waals surface area (Å²) in [6.07, 6.45) is 0. The van der Waals surface area contributed by atoms with Crippen molar-refractivity contribution in [3.05, 3.63) is 35.4 Å². The highest BCUT2D eigenvalue weighted by Crippen LogP contribution is 2.25. The first-order valence-corrected chi connectivity index (χ1v) is 8.32. The molecule has 1 aromatic rings. The minimum absolute atomic E-state index is 0.141. The van der Waals surface area contributed by atoms with Crippen LogP contribution in [0.1, 0.15) is 34.6 Å². The number of carbonyl (C=O) groups excluding carboxylic acids is 4. The van der Waals surface area contributed by atoms with Gasteiger partial charge in [-0.2, -0.15) is 0 Å². The van der Waals surface area contributed by atoms with Gasteiger partial charge in [-0.15, -0.1) is 0 Å². The van der Waals surface area contributed by atoms with E-state index in [0.717, 1.165) is 4.90 Å². The van der Waals surface area contributed by atoms with E-state index in [0.29, 0.717) is 0 Å². The number of methoxy groups -OCH3 is 1. The molecule has 0 fully saturated rings. The van der Waals surface area contributed by atoms with Crippen LogP contribution in [0.5, 0.6) is 0 Å². The third kappa shape index (κ3) is 3.91. The third-order valence-electron chi connectivity index (χ3n) is 4.07. The molecule has 0 spiro atoms. The normalized spacial score (nSPS) is 14.2. The molecular weight excluding hydrogens is 340 g/mol. The summed E-state index contributed by atoms with van der Waals surface area (Å²) < 4.78 is 9.85. The van der Waals surface area contributed by atoms with Gasteiger partial charge in [-0.3, -0.25) is 24.1 Å². The van der Waals surface area contributed by atoms with Crippen LogP contribution in [0.15, 0.2) is 24.3 Å². The molecule has 0 aromatic heterocycles. The quantitative estimate of drug-likeness (QED) is 0.499. The Labute approximate surface area is 151 Å². The highest BCUT2D eigenvalue weighted by atomic mass is 16.5. The first-order chi connectivity index (χ1) is 12.4. The molecule has 1 aliphatic rings. The fourth-order valence-electron chi connectivity index (χ4n) is 2.77. The zero-order chi connectivity index (χ0) is 19.3. The number of hydrogen-bond donors (Lipinski definition) is 0. The maximum absolute atomic E-state index is 12.8. The van der Waals surface area contributed by atoms with Gasteiger partial charge in [0.15, 0.2) is 0 Å². The van der Waals surface area contributed by atoms with E-state index < -0.39 is 29.7 Å². The monoisotopic (exact) mass is 362 g/mol. The van der Waals surface area contributed by atoms with Gasteiger partial charge in [0, 0.05) is 13.7 Å². The summed E-state index contributed by atoms with van der Waals surface area (Å²) in [5, 5.41) is 0. The second-order valence-electron chi connectivity index (χ2n) is 5.76. The molecule has 0 aliphatic carbocycles. The lowest BCUT2D eigenvalue weighted by Crippen LogP contribution is -2.51. The van der Waals surface area contributed by atoms with Crippen molar-refractivity contribution in [3.8, 4) is 0 Å². The number of amides is 3. The number of ether oxygens (including phenoxy) is 2. The van der Waals surface area contributed by atoms with Crippen LogP contribution in [0.2, 0.25) is 0 Å². The first-order valence-electron chi connectivity index (χ1n) is 8.32. The molecule has 0 saturated heterocycles. The summed E-state index contributed by atoms with van der Waals surface area (Å²) in [5.74, 6) is -2.13. The Morgan fingerprint density at radius 3 is 2.23 bits per heavy atom. The first kappa shape index (κ1) is 19.6. The lowest BCUT2D eigenvalue weighted by atomic mass is 10.1. The van der Waals surface area contributed by atoms with Crippen molar-refractivity contribution in [2.75, 3.05) is 33.4 Å². The van der Waals surface area contributed by atoms with Gasteiger partial charge in [-0.1, -0.05) is 12.1 Å². The number of hydrogen-bond acceptors (Lipinski definition) is 6. The number of esters is 1. The zero-order valence-corrected chi connectivity index (χ0v) is 15.1. The molecule has 1 aromatic carbocycles. The van der Waals surface area contributed by atoms with E-state index in [1.807, 2.05) is 0 Å². The van der Waals surface area contributed by atoms with Gasteiger partial charge in [-0.25, -0.2) is 0 Å². The van der Waals surface area contributed by atoms with Gasteiger partial charge in [0.05, 0.1) is 24.3 Å². The highest BCUT2D eigenvalue weighted by molar-refractivity contribution is 6.22. The molecule has 0 saturated carbocycles. The molecule has 26 heavy (non-hydrogen) atoms. The average molecular weight is 362 g/mol. The van der Waals surface area contributed by atoms with Crippen LogP contribution in [0.3, 0.4) is 0 Å². The Morgan fingerprint density at radius 2 is 1.73 bits per heavy atom. The predicted octanol–water partition coefficient (Wildman–Crippen LogP) is 0.709. The molecule has 1 atom stereocenters. The van der Waals surface area contributed by atoms with Crippen LogP contribution in [0, 0.1) is 0 Å². The van der Waals surface area contributed by atoms with E-state index in [1.165, 1.54) is 18.9 Å². The Bertz CT molecular complexity index is 682. The molecule has 0 radical (unpaired) electrons. The summed E-state index contributed by atoms with van der Waals surface area (Å²) in [6, 6.07) is 5.37. The van der Waals surface area contributed by atoms with Crippen LogP contribution in [-0.2, 0) is 19.1 Å². The number of nitrogens with zero attached hydrogens (tertiary/aromatic N) is 2. The number of rotatable bonds is 8. The smallest absolute Gasteiger partial charge is 0.325 e. The van der Waals surface area contributed by atoms with Crippen molar-refractivity contribution in [2.45, 2.75) is 19.9 Å². The Kier molecular flexibility index (Phi) is 6.46. The Balaban J connectivity index is 2.19. The molecule has 1 unspecified atom stereocenters. The minimum Gasteiger partial charge on any atom is -0.465 e. The maximum Gasteiger partial charge on any atom is 0.325 e. The van der Waals surface area contributed by atoms with Crippen molar-refractivity contribution in [1.29, 1.82) is 0 Å². The number of carbonyl (C=O) groups is 4. The lowest BCUT2D eigenvalue weighted by Gasteiger charge is -2.28. The fraction of sp³-hybridized carbons (Fsp3) is 0.444. The molecule has 1 aliphatic heterocycles. The summed E-state index contributed by atoms with van der Waals surface area (Å²) in [5.41, 5.74) is 0.539. The van der Waals surface area contributed by atoms with E-state index in [-0.39, 0.29) is 37.4 Å². The number of benzene rings is 1. The summed E-state index contributed by atoms with van der Waals surface area (Å²) in [6.45, 7) is 3.40. The van der Waals surface area contributed by atoms with E-state index in [1.54, 1.807) is 31.2 Å². The van der Waals surface area contributed by atoms with E-state index in [2.05, 4.69) is 0 Å². The minimum atomic E-state index is -1.05. The van der Waals surface area contributed by atoms with Crippen molar-refractivity contribution in [2.24, 2.45) is 0 Å². The second kappa shape index (κ2) is 8.57. The van der Waals surface area contributed by atoms with E-state index in [9.17, 15) is 19.2 Å². The standard InChI is InChI=1S/C18H22N2O6/c1-4-26-15(21)11-19(9-10-25-3)16(22)12(2)20-17(23)13-7-5-6-8-14(13)18(20)24/h5-8,12H,4,9-11H2,1-3H3. The van der Waals surface area contributed by atoms with Crippen LogP contribution in [0.4, 0.5) is 0 Å². The van der Waals surface area contributed by atoms with Crippen LogP contribution in [0.25, 0.3) is 0 Å². The summed E-state index contributed by atoms with van der Waals surface area (Å²) in [7, 11) is 1.47. The van der Waals surface area contributed by atoms with E-state index >= 15 is 0 Å². The largest absolute Gasteiger partial charge is 0.465 e. The number of fused-ring (bicyclic) bond motifs is 1. The zero-order valence-electron chi connectivity index (χ0n) is 15.1. The van der Waals surface area contributed by atoms with Gasteiger partial charge >= 0.3 is 5.97 Å². The van der Waals surface area contributed by atoms with Crippen molar-refractivity contribution >= 4 is 23.7 Å². The van der Waals surface area contributed by atoms with Gasteiger partial charge in [0.25, 0.3) is 11.8 Å². The molecule has 140 valence electrons. The average Bonchev–Trinajstić information content (AvgIpc) is 2.89. The van der Waals surface area contributed by atoms with Crippen LogP contribution < -0.4 is 0 Å². The lowest BCUT2D eigenvalue weighted by molar-refractivity contribution is -0.150. The predicted molar refractivity (Wildman–Crippen MR) is 91.5 cm³/mol. The summed E-state index contributed by atoms with van der Waals surface area (Å²) >= 11 is 0. The highest BCUT2D eigenvalue weighted by Gasteiger charge is 2.41. The molecule has 8 nitrogen and oxygen atoms in total. The van der Waals surface area contributed by atoms with Crippen molar-refractivity contribution in [1.82, 2.24) is 9.80 Å². The molecule has 8 heteroatoms. The summed E-state index contributed by atoms with van der Waals surface area (Å²) in [4.78, 5) is 51.8. The third-order valence-corrected chi connectivity index (χ3v) is 4.07. The van der Waals surface area contributed by atoms with Gasteiger partial charge in [0.2, 0.25) is 5.91 Å². The van der Waals surface area contributed by atoms with Gasteiger partial charge in [-0.05, 0) is 26.0 Å². The van der Waals surface area contributed by atoms with Crippen LogP contribution >= 0.6 is 0 Å². The van der Waals surface area contributed by atoms with E-state index in [4.69, 9.17) is 9.47 Å². The fourth-order valence-corrected chi connectivity index (χ4v) is 2.77. The van der Waals surface area contributed by atoms with Gasteiger partial charge in [0.1, 0.15) is 12.6 Å². The SMILES string of the molecule is CCOC(=O)CN(CCOC)C(=O)C(C)N1C(=O)c2ccccc2C1=O. The maximum atomic E-state index is 12.8. The molecule has 0 bridgehead atoms.